The zero-order chi connectivity index (χ0) is 16.7. The molecule has 2 aromatic rings. The van der Waals surface area contributed by atoms with Gasteiger partial charge in [0.15, 0.2) is 0 Å². The largest absolute Gasteiger partial charge is 0.465 e. The molecule has 0 aliphatic carbocycles. The summed E-state index contributed by atoms with van der Waals surface area (Å²) >= 11 is 0. The SMILES string of the molecule is COC(=O)c1cn(-c2ccc3nccnc3c2)cc2c(=O)[nH]nc1-2. The Kier molecular flexibility index (Phi) is 3.09. The highest BCUT2D eigenvalue weighted by molar-refractivity contribution is 5.96. The molecule has 8 heteroatoms. The lowest BCUT2D eigenvalue weighted by Crippen LogP contribution is -2.11. The van der Waals surface area contributed by atoms with Gasteiger partial charge in [-0.3, -0.25) is 14.8 Å². The zero-order valence-corrected chi connectivity index (χ0v) is 12.6. The molecule has 2 aliphatic rings. The fourth-order valence-electron chi connectivity index (χ4n) is 2.56. The third kappa shape index (κ3) is 2.12. The topological polar surface area (TPSA) is 103 Å². The molecule has 0 fully saturated rings. The molecule has 24 heavy (non-hydrogen) atoms. The summed E-state index contributed by atoms with van der Waals surface area (Å²) in [6.07, 6.45) is 6.41. The van der Waals surface area contributed by atoms with Crippen LogP contribution >= 0.6 is 0 Å². The first-order valence-electron chi connectivity index (χ1n) is 7.07. The first-order valence-corrected chi connectivity index (χ1v) is 7.07. The van der Waals surface area contributed by atoms with Gasteiger partial charge in [0.2, 0.25) is 0 Å². The van der Waals surface area contributed by atoms with Crippen molar-refractivity contribution >= 4 is 17.0 Å². The van der Waals surface area contributed by atoms with E-state index in [9.17, 15) is 9.59 Å². The maximum atomic E-state index is 12.0. The lowest BCUT2D eigenvalue weighted by atomic mass is 10.1. The summed E-state index contributed by atoms with van der Waals surface area (Å²) in [5.74, 6) is -0.568. The van der Waals surface area contributed by atoms with Crippen molar-refractivity contribution in [1.82, 2.24) is 24.7 Å². The van der Waals surface area contributed by atoms with Crippen LogP contribution in [0.1, 0.15) is 10.4 Å². The van der Waals surface area contributed by atoms with Crippen LogP contribution in [0.3, 0.4) is 0 Å². The van der Waals surface area contributed by atoms with Crippen LogP contribution in [-0.4, -0.2) is 37.8 Å². The van der Waals surface area contributed by atoms with Gasteiger partial charge in [-0.1, -0.05) is 0 Å². The molecule has 0 unspecified atom stereocenters. The average molecular weight is 321 g/mol. The van der Waals surface area contributed by atoms with Gasteiger partial charge >= 0.3 is 5.97 Å². The van der Waals surface area contributed by atoms with Crippen molar-refractivity contribution < 1.29 is 9.53 Å². The molecule has 0 atom stereocenters. The van der Waals surface area contributed by atoms with E-state index in [2.05, 4.69) is 20.2 Å². The van der Waals surface area contributed by atoms with Crippen molar-refractivity contribution in [2.45, 2.75) is 0 Å². The molecular weight excluding hydrogens is 310 g/mol. The van der Waals surface area contributed by atoms with Crippen molar-refractivity contribution in [2.24, 2.45) is 0 Å². The van der Waals surface area contributed by atoms with E-state index >= 15 is 0 Å². The van der Waals surface area contributed by atoms with Crippen LogP contribution < -0.4 is 5.56 Å². The van der Waals surface area contributed by atoms with Crippen LogP contribution in [0, 0.1) is 0 Å². The summed E-state index contributed by atoms with van der Waals surface area (Å²) in [4.78, 5) is 32.4. The maximum Gasteiger partial charge on any atom is 0.341 e. The predicted molar refractivity (Wildman–Crippen MR) is 85.2 cm³/mol. The summed E-state index contributed by atoms with van der Waals surface area (Å²) < 4.78 is 6.45. The third-order valence-electron chi connectivity index (χ3n) is 3.72. The number of rotatable bonds is 2. The number of aromatic nitrogens is 5. The molecule has 4 rings (SSSR count). The average Bonchev–Trinajstić information content (AvgIpc) is 3.01. The number of fused-ring (bicyclic) bond motifs is 2. The second-order valence-corrected chi connectivity index (χ2v) is 5.12. The van der Waals surface area contributed by atoms with Gasteiger partial charge in [0.1, 0.15) is 11.3 Å². The quantitative estimate of drug-likeness (QED) is 0.560. The van der Waals surface area contributed by atoms with Crippen molar-refractivity contribution in [3.8, 4) is 16.9 Å². The summed E-state index contributed by atoms with van der Waals surface area (Å²) in [5, 5.41) is 6.25. The Bertz CT molecular complexity index is 1100. The van der Waals surface area contributed by atoms with Gasteiger partial charge in [0.25, 0.3) is 5.56 Å². The lowest BCUT2D eigenvalue weighted by molar-refractivity contribution is 0.0600. The van der Waals surface area contributed by atoms with E-state index < -0.39 is 5.97 Å². The normalized spacial score (nSPS) is 11.0. The van der Waals surface area contributed by atoms with E-state index in [1.54, 1.807) is 29.4 Å². The second kappa shape index (κ2) is 5.27. The zero-order valence-electron chi connectivity index (χ0n) is 12.6. The number of hydrogen-bond donors (Lipinski definition) is 1. The Morgan fingerprint density at radius 2 is 1.96 bits per heavy atom. The number of carbonyl (C=O) groups is 1. The molecule has 0 spiro atoms. The number of ether oxygens (including phenoxy) is 1. The first kappa shape index (κ1) is 14.1. The molecule has 0 bridgehead atoms. The molecule has 1 N–H and O–H groups in total. The number of methoxy groups -OCH3 is 1. The highest BCUT2D eigenvalue weighted by atomic mass is 16.5. The van der Waals surface area contributed by atoms with Crippen LogP contribution in [0.15, 0.2) is 47.8 Å². The molecule has 0 saturated carbocycles. The second-order valence-electron chi connectivity index (χ2n) is 5.12. The van der Waals surface area contributed by atoms with E-state index in [4.69, 9.17) is 4.74 Å². The number of esters is 1. The molecule has 2 aliphatic heterocycles. The standard InChI is InChI=1S/C16H11N5O3/c1-24-16(23)11-8-21(7-10-14(11)19-20-15(10)22)9-2-3-12-13(6-9)18-5-4-17-12/h2-8H,1H3,(H,20,22). The van der Waals surface area contributed by atoms with Gasteiger partial charge in [0, 0.05) is 30.5 Å². The van der Waals surface area contributed by atoms with Gasteiger partial charge < -0.3 is 9.30 Å². The number of aromatic amines is 1. The summed E-state index contributed by atoms with van der Waals surface area (Å²) in [6, 6.07) is 5.47. The Labute approximate surface area is 135 Å². The fraction of sp³-hybridized carbons (Fsp3) is 0.0625. The predicted octanol–water partition coefficient (Wildman–Crippen LogP) is 1.40. The molecule has 118 valence electrons. The molecule has 0 radical (unpaired) electrons. The molecular formula is C16H11N5O3. The highest BCUT2D eigenvalue weighted by Crippen LogP contribution is 2.23. The fourth-order valence-corrected chi connectivity index (χ4v) is 2.56. The monoisotopic (exact) mass is 321 g/mol. The minimum Gasteiger partial charge on any atom is -0.465 e. The van der Waals surface area contributed by atoms with E-state index in [0.29, 0.717) is 11.1 Å². The van der Waals surface area contributed by atoms with Gasteiger partial charge in [-0.05, 0) is 18.2 Å². The molecule has 3 heterocycles. The van der Waals surface area contributed by atoms with Gasteiger partial charge in [-0.2, -0.15) is 5.10 Å². The number of nitrogens with one attached hydrogen (secondary N) is 1. The molecule has 0 saturated heterocycles. The van der Waals surface area contributed by atoms with Crippen molar-refractivity contribution in [2.75, 3.05) is 7.11 Å². The molecule has 1 aromatic heterocycles. The summed E-state index contributed by atoms with van der Waals surface area (Å²) in [5.41, 5.74) is 2.61. The molecule has 1 aromatic carbocycles. The number of pyridine rings is 1. The Morgan fingerprint density at radius 3 is 2.75 bits per heavy atom. The van der Waals surface area contributed by atoms with Gasteiger partial charge in [-0.15, -0.1) is 0 Å². The minimum atomic E-state index is -0.568. The van der Waals surface area contributed by atoms with E-state index in [-0.39, 0.29) is 16.8 Å². The number of nitrogens with zero attached hydrogens (tertiary/aromatic N) is 4. The maximum absolute atomic E-state index is 12.0. The number of benzene rings is 1. The van der Waals surface area contributed by atoms with Crippen LogP contribution in [0.25, 0.3) is 28.0 Å². The number of H-pyrrole nitrogens is 1. The minimum absolute atomic E-state index is 0.201. The van der Waals surface area contributed by atoms with Crippen molar-refractivity contribution in [1.29, 1.82) is 0 Å². The van der Waals surface area contributed by atoms with E-state index in [1.165, 1.54) is 7.11 Å². The molecule has 8 nitrogen and oxygen atoms in total. The Hall–Kier alpha value is -3.55. The van der Waals surface area contributed by atoms with Crippen LogP contribution in [0.4, 0.5) is 0 Å². The van der Waals surface area contributed by atoms with Crippen molar-refractivity contribution in [3.05, 3.63) is 58.9 Å². The summed E-state index contributed by atoms with van der Waals surface area (Å²) in [6.45, 7) is 0. The van der Waals surface area contributed by atoms with E-state index in [1.807, 2.05) is 18.2 Å². The Balaban J connectivity index is 1.98. The van der Waals surface area contributed by atoms with Crippen LogP contribution in [0.5, 0.6) is 0 Å². The Morgan fingerprint density at radius 1 is 1.17 bits per heavy atom. The van der Waals surface area contributed by atoms with E-state index in [0.717, 1.165) is 11.2 Å². The third-order valence-corrected chi connectivity index (χ3v) is 3.72. The molecule has 0 amide bonds. The number of hydrogen-bond acceptors (Lipinski definition) is 6. The smallest absolute Gasteiger partial charge is 0.341 e. The summed E-state index contributed by atoms with van der Waals surface area (Å²) in [7, 11) is 1.28. The first-order chi connectivity index (χ1) is 11.7. The number of carbonyl (C=O) groups excluding carboxylic acids is 1. The lowest BCUT2D eigenvalue weighted by Gasteiger charge is -2.12. The highest BCUT2D eigenvalue weighted by Gasteiger charge is 2.22. The van der Waals surface area contributed by atoms with Gasteiger partial charge in [0.05, 0.1) is 23.7 Å². The van der Waals surface area contributed by atoms with Crippen LogP contribution in [-0.2, 0) is 4.74 Å². The van der Waals surface area contributed by atoms with Crippen molar-refractivity contribution in [3.63, 3.8) is 0 Å². The van der Waals surface area contributed by atoms with Crippen LogP contribution in [0.2, 0.25) is 0 Å². The van der Waals surface area contributed by atoms with Gasteiger partial charge in [-0.25, -0.2) is 9.89 Å².